The molecule has 28 heavy (non-hydrogen) atoms. The quantitative estimate of drug-likeness (QED) is 0.782. The molecule has 0 bridgehead atoms. The van der Waals surface area contributed by atoms with Gasteiger partial charge in [0.2, 0.25) is 0 Å². The van der Waals surface area contributed by atoms with E-state index in [0.717, 1.165) is 15.6 Å². The van der Waals surface area contributed by atoms with Crippen molar-refractivity contribution in [3.8, 4) is 0 Å². The molecule has 0 spiro atoms. The molecule has 2 aromatic rings. The van der Waals surface area contributed by atoms with E-state index >= 15 is 0 Å². The average Bonchev–Trinajstić information content (AvgIpc) is 2.70. The summed E-state index contributed by atoms with van der Waals surface area (Å²) in [5.74, 6) is -0.426. The number of hydrogen-bond donors (Lipinski definition) is 1. The van der Waals surface area contributed by atoms with E-state index in [1.54, 1.807) is 12.1 Å². The number of amides is 2. The highest BCUT2D eigenvalue weighted by atomic mass is 79.9. The Hall–Kier alpha value is -2.67. The van der Waals surface area contributed by atoms with Gasteiger partial charge in [-0.15, -0.1) is 0 Å². The second-order valence-electron chi connectivity index (χ2n) is 6.64. The Labute approximate surface area is 172 Å². The van der Waals surface area contributed by atoms with Crippen LogP contribution in [-0.4, -0.2) is 41.8 Å². The average molecular weight is 445 g/mol. The molecule has 1 N–H and O–H groups in total. The van der Waals surface area contributed by atoms with E-state index < -0.39 is 12.1 Å². The number of nitrogens with one attached hydrogen (secondary N) is 1. The molecule has 6 nitrogen and oxygen atoms in total. The summed E-state index contributed by atoms with van der Waals surface area (Å²) in [4.78, 5) is 38.7. The Kier molecular flexibility index (Phi) is 6.46. The summed E-state index contributed by atoms with van der Waals surface area (Å²) in [6.45, 7) is 2.38. The Balaban J connectivity index is 1.60. The first-order valence-electron chi connectivity index (χ1n) is 9.00. The zero-order valence-corrected chi connectivity index (χ0v) is 17.1. The summed E-state index contributed by atoms with van der Waals surface area (Å²) in [6, 6.07) is 14.0. The van der Waals surface area contributed by atoms with Crippen LogP contribution >= 0.6 is 15.9 Å². The van der Waals surface area contributed by atoms with E-state index in [1.807, 2.05) is 43.3 Å². The normalized spacial score (nSPS) is 16.6. The summed E-state index contributed by atoms with van der Waals surface area (Å²) in [5, 5.41) is 2.75. The lowest BCUT2D eigenvalue weighted by Gasteiger charge is -2.31. The van der Waals surface area contributed by atoms with Crippen molar-refractivity contribution in [1.29, 1.82) is 0 Å². The predicted octanol–water partition coefficient (Wildman–Crippen LogP) is 3.47. The highest BCUT2D eigenvalue weighted by Gasteiger charge is 2.32. The number of hydrogen-bond acceptors (Lipinski definition) is 4. The minimum atomic E-state index is -0.746. The summed E-state index contributed by atoms with van der Waals surface area (Å²) in [7, 11) is 0. The molecule has 0 aliphatic carbocycles. The number of likely N-dealkylation sites (tertiary alicyclic amines) is 1. The van der Waals surface area contributed by atoms with Crippen molar-refractivity contribution in [1.82, 2.24) is 10.2 Å². The van der Waals surface area contributed by atoms with Crippen LogP contribution in [0.4, 0.5) is 4.79 Å². The molecule has 2 amide bonds. The van der Waals surface area contributed by atoms with Crippen LogP contribution in [0.3, 0.4) is 0 Å². The largest absolute Gasteiger partial charge is 0.445 e. The highest BCUT2D eigenvalue weighted by molar-refractivity contribution is 9.10. The number of ketones is 1. The van der Waals surface area contributed by atoms with Gasteiger partial charge >= 0.3 is 6.09 Å². The highest BCUT2D eigenvalue weighted by Crippen LogP contribution is 2.20. The molecule has 2 aromatic carbocycles. The molecule has 0 radical (unpaired) electrons. The van der Waals surface area contributed by atoms with Crippen LogP contribution in [-0.2, 0) is 16.1 Å². The number of carbonyl (C=O) groups is 3. The molecule has 1 saturated heterocycles. The van der Waals surface area contributed by atoms with Gasteiger partial charge in [0, 0.05) is 23.0 Å². The summed E-state index contributed by atoms with van der Waals surface area (Å²) in [5.41, 5.74) is 2.17. The van der Waals surface area contributed by atoms with Gasteiger partial charge < -0.3 is 15.0 Å². The number of rotatable bonds is 4. The molecule has 146 valence electrons. The summed E-state index contributed by atoms with van der Waals surface area (Å²) in [6.07, 6.45) is -0.308. The number of nitrogens with zero attached hydrogens (tertiary/aromatic N) is 1. The molecule has 7 heteroatoms. The van der Waals surface area contributed by atoms with Crippen molar-refractivity contribution in [3.05, 3.63) is 69.7 Å². The second kappa shape index (κ2) is 9.01. The van der Waals surface area contributed by atoms with E-state index in [1.165, 1.54) is 4.90 Å². The smallest absolute Gasteiger partial charge is 0.410 e. The van der Waals surface area contributed by atoms with Crippen LogP contribution in [0, 0.1) is 6.92 Å². The molecular weight excluding hydrogens is 424 g/mol. The van der Waals surface area contributed by atoms with Crippen molar-refractivity contribution >= 4 is 33.7 Å². The van der Waals surface area contributed by atoms with Crippen LogP contribution < -0.4 is 5.32 Å². The van der Waals surface area contributed by atoms with E-state index in [4.69, 9.17) is 4.74 Å². The number of halogens is 1. The van der Waals surface area contributed by atoms with E-state index in [0.29, 0.717) is 5.56 Å². The van der Waals surface area contributed by atoms with Gasteiger partial charge in [0.25, 0.3) is 5.91 Å². The monoisotopic (exact) mass is 444 g/mol. The lowest BCUT2D eigenvalue weighted by molar-refractivity contribution is -0.123. The van der Waals surface area contributed by atoms with Gasteiger partial charge in [-0.25, -0.2) is 4.79 Å². The fourth-order valence-corrected chi connectivity index (χ4v) is 3.39. The Morgan fingerprint density at radius 2 is 1.93 bits per heavy atom. The molecule has 0 unspecified atom stereocenters. The Bertz CT molecular complexity index is 885. The molecule has 3 rings (SSSR count). The van der Waals surface area contributed by atoms with Crippen LogP contribution in [0.15, 0.2) is 53.0 Å². The molecule has 1 aliphatic heterocycles. The fraction of sp³-hybridized carbons (Fsp3) is 0.286. The number of carbonyl (C=O) groups excluding carboxylic acids is 3. The minimum absolute atomic E-state index is 0.0897. The molecule has 1 heterocycles. The van der Waals surface area contributed by atoms with Crippen LogP contribution in [0.1, 0.15) is 27.9 Å². The number of piperidine rings is 1. The van der Waals surface area contributed by atoms with Gasteiger partial charge in [0.05, 0.1) is 6.54 Å². The standard InChI is InChI=1S/C21H21BrN2O4/c1-14-16(8-5-9-17(14)22)20(26)23-18-12-24(11-10-19(18)25)21(27)28-13-15-6-3-2-4-7-15/h2-9,18H,10-13H2,1H3,(H,23,26)/t18-/m1/s1. The van der Waals surface area contributed by atoms with Crippen molar-refractivity contribution in [2.24, 2.45) is 0 Å². The molecule has 1 atom stereocenters. The summed E-state index contributed by atoms with van der Waals surface area (Å²) >= 11 is 3.40. The SMILES string of the molecule is Cc1c(Br)cccc1C(=O)N[C@@H]1CN(C(=O)OCc2ccccc2)CCC1=O. The predicted molar refractivity (Wildman–Crippen MR) is 108 cm³/mol. The zero-order chi connectivity index (χ0) is 20.1. The van der Waals surface area contributed by atoms with Gasteiger partial charge in [-0.2, -0.15) is 0 Å². The molecule has 1 aliphatic rings. The molecule has 0 saturated carbocycles. The third-order valence-electron chi connectivity index (χ3n) is 4.70. The maximum Gasteiger partial charge on any atom is 0.410 e. The first-order chi connectivity index (χ1) is 13.5. The molecule has 0 aromatic heterocycles. The third-order valence-corrected chi connectivity index (χ3v) is 5.56. The Morgan fingerprint density at radius 1 is 1.18 bits per heavy atom. The van der Waals surface area contributed by atoms with Gasteiger partial charge in [0.1, 0.15) is 12.6 Å². The first-order valence-corrected chi connectivity index (χ1v) is 9.79. The molecular formula is C21H21BrN2O4. The van der Waals surface area contributed by atoms with Gasteiger partial charge in [-0.05, 0) is 30.2 Å². The fourth-order valence-electron chi connectivity index (χ4n) is 3.02. The van der Waals surface area contributed by atoms with E-state index in [9.17, 15) is 14.4 Å². The lowest BCUT2D eigenvalue weighted by Crippen LogP contribution is -2.54. The zero-order valence-electron chi connectivity index (χ0n) is 15.5. The topological polar surface area (TPSA) is 75.7 Å². The first kappa shape index (κ1) is 20.1. The van der Waals surface area contributed by atoms with Gasteiger partial charge in [-0.1, -0.05) is 52.3 Å². The van der Waals surface area contributed by atoms with E-state index in [-0.39, 0.29) is 37.8 Å². The molecule has 1 fully saturated rings. The van der Waals surface area contributed by atoms with Crippen molar-refractivity contribution in [3.63, 3.8) is 0 Å². The van der Waals surface area contributed by atoms with Crippen LogP contribution in [0.5, 0.6) is 0 Å². The van der Waals surface area contributed by atoms with Crippen LogP contribution in [0.25, 0.3) is 0 Å². The maximum atomic E-state index is 12.6. The van der Waals surface area contributed by atoms with Crippen LogP contribution in [0.2, 0.25) is 0 Å². The van der Waals surface area contributed by atoms with E-state index in [2.05, 4.69) is 21.2 Å². The van der Waals surface area contributed by atoms with Crippen molar-refractivity contribution in [2.75, 3.05) is 13.1 Å². The van der Waals surface area contributed by atoms with Gasteiger partial charge in [0.15, 0.2) is 5.78 Å². The lowest BCUT2D eigenvalue weighted by atomic mass is 10.0. The second-order valence-corrected chi connectivity index (χ2v) is 7.50. The van der Waals surface area contributed by atoms with Crippen molar-refractivity contribution in [2.45, 2.75) is 26.0 Å². The number of ether oxygens (including phenoxy) is 1. The number of benzene rings is 2. The third kappa shape index (κ3) is 4.78. The Morgan fingerprint density at radius 3 is 2.68 bits per heavy atom. The van der Waals surface area contributed by atoms with Gasteiger partial charge in [-0.3, -0.25) is 9.59 Å². The maximum absolute atomic E-state index is 12.6. The number of Topliss-reactive ketones (excluding diaryl/α,β-unsaturated/α-hetero) is 1. The minimum Gasteiger partial charge on any atom is -0.445 e. The summed E-state index contributed by atoms with van der Waals surface area (Å²) < 4.78 is 6.15. The van der Waals surface area contributed by atoms with Crippen molar-refractivity contribution < 1.29 is 19.1 Å².